The summed E-state index contributed by atoms with van der Waals surface area (Å²) < 4.78 is 5.81. The maximum absolute atomic E-state index is 9.00. The maximum Gasteiger partial charge on any atom is 0.142 e. The SMILES string of the molecule is CC(C)NCc1cccc(Cl)c1OCCC(C)(C)C#N. The molecule has 0 bridgehead atoms. The van der Waals surface area contributed by atoms with E-state index >= 15 is 0 Å². The molecule has 0 unspecified atom stereocenters. The standard InChI is InChI=1S/C16H23ClN2O/c1-12(2)19-10-13-6-5-7-14(17)15(13)20-9-8-16(3,4)11-18/h5-7,12,19H,8-10H2,1-4H3. The summed E-state index contributed by atoms with van der Waals surface area (Å²) in [6, 6.07) is 8.43. The number of nitriles is 1. The lowest BCUT2D eigenvalue weighted by Gasteiger charge is -2.18. The number of nitrogens with one attached hydrogen (secondary N) is 1. The molecular weight excluding hydrogens is 272 g/mol. The molecule has 110 valence electrons. The van der Waals surface area contributed by atoms with Gasteiger partial charge >= 0.3 is 0 Å². The Morgan fingerprint density at radius 1 is 1.40 bits per heavy atom. The molecule has 0 atom stereocenters. The van der Waals surface area contributed by atoms with Crippen LogP contribution in [0.25, 0.3) is 0 Å². The Balaban J connectivity index is 2.71. The molecule has 1 N–H and O–H groups in total. The number of halogens is 1. The van der Waals surface area contributed by atoms with Crippen LogP contribution in [0.5, 0.6) is 5.75 Å². The highest BCUT2D eigenvalue weighted by Crippen LogP contribution is 2.30. The third kappa shape index (κ3) is 5.40. The fraction of sp³-hybridized carbons (Fsp3) is 0.562. The zero-order chi connectivity index (χ0) is 15.2. The summed E-state index contributed by atoms with van der Waals surface area (Å²) in [5.41, 5.74) is 0.665. The van der Waals surface area contributed by atoms with E-state index in [1.54, 1.807) is 0 Å². The Morgan fingerprint density at radius 2 is 2.10 bits per heavy atom. The Kier molecular flexibility index (Phi) is 6.32. The fourth-order valence-corrected chi connectivity index (χ4v) is 1.88. The number of benzene rings is 1. The first kappa shape index (κ1) is 16.8. The third-order valence-electron chi connectivity index (χ3n) is 3.03. The van der Waals surface area contributed by atoms with Crippen LogP contribution in [0.2, 0.25) is 5.02 Å². The highest BCUT2D eigenvalue weighted by molar-refractivity contribution is 6.32. The van der Waals surface area contributed by atoms with Crippen LogP contribution >= 0.6 is 11.6 Å². The number of nitrogens with zero attached hydrogens (tertiary/aromatic N) is 1. The summed E-state index contributed by atoms with van der Waals surface area (Å²) in [6.45, 7) is 9.21. The van der Waals surface area contributed by atoms with Crippen LogP contribution in [0.3, 0.4) is 0 Å². The molecule has 1 aromatic rings. The van der Waals surface area contributed by atoms with Gasteiger partial charge in [0.15, 0.2) is 0 Å². The van der Waals surface area contributed by atoms with Gasteiger partial charge in [0.05, 0.1) is 23.1 Å². The molecule has 0 spiro atoms. The van der Waals surface area contributed by atoms with Crippen LogP contribution < -0.4 is 10.1 Å². The van der Waals surface area contributed by atoms with Gasteiger partial charge < -0.3 is 10.1 Å². The van der Waals surface area contributed by atoms with Crippen LogP contribution in [0.15, 0.2) is 18.2 Å². The van der Waals surface area contributed by atoms with Crippen molar-refractivity contribution in [2.75, 3.05) is 6.61 Å². The molecule has 4 heteroatoms. The molecule has 0 aromatic heterocycles. The average Bonchev–Trinajstić information content (AvgIpc) is 2.38. The molecule has 0 aliphatic heterocycles. The van der Waals surface area contributed by atoms with Gasteiger partial charge in [0.1, 0.15) is 5.75 Å². The first-order chi connectivity index (χ1) is 9.35. The van der Waals surface area contributed by atoms with E-state index in [-0.39, 0.29) is 5.41 Å². The monoisotopic (exact) mass is 294 g/mol. The van der Waals surface area contributed by atoms with Gasteiger partial charge in [-0.2, -0.15) is 5.26 Å². The second-order valence-electron chi connectivity index (χ2n) is 5.86. The minimum atomic E-state index is -0.377. The number of hydrogen-bond acceptors (Lipinski definition) is 3. The smallest absolute Gasteiger partial charge is 0.142 e. The van der Waals surface area contributed by atoms with E-state index < -0.39 is 0 Å². The van der Waals surface area contributed by atoms with E-state index in [4.69, 9.17) is 21.6 Å². The first-order valence-corrected chi connectivity index (χ1v) is 7.28. The van der Waals surface area contributed by atoms with Crippen molar-refractivity contribution in [1.29, 1.82) is 5.26 Å². The largest absolute Gasteiger partial charge is 0.492 e. The molecule has 0 radical (unpaired) electrons. The Hall–Kier alpha value is -1.24. The predicted molar refractivity (Wildman–Crippen MR) is 82.9 cm³/mol. The van der Waals surface area contributed by atoms with E-state index in [0.717, 1.165) is 17.9 Å². The van der Waals surface area contributed by atoms with E-state index in [2.05, 4.69) is 25.2 Å². The Labute approximate surface area is 126 Å². The molecule has 0 fully saturated rings. The van der Waals surface area contributed by atoms with Crippen LogP contribution in [-0.4, -0.2) is 12.6 Å². The van der Waals surface area contributed by atoms with Gasteiger partial charge in [0.25, 0.3) is 0 Å². The topological polar surface area (TPSA) is 45.0 Å². The van der Waals surface area contributed by atoms with E-state index in [1.807, 2.05) is 32.0 Å². The van der Waals surface area contributed by atoms with Crippen molar-refractivity contribution in [3.05, 3.63) is 28.8 Å². The lowest BCUT2D eigenvalue weighted by atomic mass is 9.92. The lowest BCUT2D eigenvalue weighted by Crippen LogP contribution is -2.22. The van der Waals surface area contributed by atoms with Gasteiger partial charge in [0, 0.05) is 18.2 Å². The van der Waals surface area contributed by atoms with Gasteiger partial charge in [0.2, 0.25) is 0 Å². The Morgan fingerprint density at radius 3 is 2.70 bits per heavy atom. The number of para-hydroxylation sites is 1. The molecular formula is C16H23ClN2O. The highest BCUT2D eigenvalue weighted by atomic mass is 35.5. The quantitative estimate of drug-likeness (QED) is 0.821. The van der Waals surface area contributed by atoms with E-state index in [0.29, 0.717) is 24.1 Å². The van der Waals surface area contributed by atoms with Crippen molar-refractivity contribution >= 4 is 11.6 Å². The normalized spacial score (nSPS) is 11.4. The van der Waals surface area contributed by atoms with Crippen molar-refractivity contribution in [2.45, 2.75) is 46.7 Å². The van der Waals surface area contributed by atoms with Gasteiger partial charge in [-0.1, -0.05) is 37.6 Å². The Bertz CT molecular complexity index is 478. The van der Waals surface area contributed by atoms with Gasteiger partial charge in [-0.3, -0.25) is 0 Å². The molecule has 0 saturated heterocycles. The van der Waals surface area contributed by atoms with E-state index in [9.17, 15) is 0 Å². The van der Waals surface area contributed by atoms with Crippen LogP contribution in [-0.2, 0) is 6.54 Å². The van der Waals surface area contributed by atoms with Gasteiger partial charge in [-0.15, -0.1) is 0 Å². The lowest BCUT2D eigenvalue weighted by molar-refractivity contribution is 0.262. The minimum Gasteiger partial charge on any atom is -0.492 e. The molecule has 20 heavy (non-hydrogen) atoms. The van der Waals surface area contributed by atoms with Crippen molar-refractivity contribution in [2.24, 2.45) is 5.41 Å². The molecule has 0 aliphatic rings. The van der Waals surface area contributed by atoms with Crippen molar-refractivity contribution in [3.8, 4) is 11.8 Å². The molecule has 0 heterocycles. The van der Waals surface area contributed by atoms with Crippen molar-refractivity contribution in [1.82, 2.24) is 5.32 Å². The summed E-state index contributed by atoms with van der Waals surface area (Å²) in [5, 5.41) is 13.0. The number of ether oxygens (including phenoxy) is 1. The highest BCUT2D eigenvalue weighted by Gasteiger charge is 2.17. The maximum atomic E-state index is 9.00. The zero-order valence-electron chi connectivity index (χ0n) is 12.7. The van der Waals surface area contributed by atoms with Crippen LogP contribution in [0.4, 0.5) is 0 Å². The molecule has 1 aromatic carbocycles. The molecule has 0 aliphatic carbocycles. The number of rotatable bonds is 7. The second-order valence-corrected chi connectivity index (χ2v) is 6.27. The first-order valence-electron chi connectivity index (χ1n) is 6.90. The molecule has 1 rings (SSSR count). The molecule has 0 amide bonds. The third-order valence-corrected chi connectivity index (χ3v) is 3.32. The van der Waals surface area contributed by atoms with Gasteiger partial charge in [-0.25, -0.2) is 0 Å². The summed E-state index contributed by atoms with van der Waals surface area (Å²) in [6.07, 6.45) is 0.672. The van der Waals surface area contributed by atoms with Gasteiger partial charge in [-0.05, 0) is 26.3 Å². The van der Waals surface area contributed by atoms with Crippen LogP contribution in [0.1, 0.15) is 39.7 Å². The minimum absolute atomic E-state index is 0.377. The summed E-state index contributed by atoms with van der Waals surface area (Å²) in [5.74, 6) is 0.719. The van der Waals surface area contributed by atoms with Crippen molar-refractivity contribution < 1.29 is 4.74 Å². The van der Waals surface area contributed by atoms with Crippen molar-refractivity contribution in [3.63, 3.8) is 0 Å². The van der Waals surface area contributed by atoms with E-state index in [1.165, 1.54) is 0 Å². The zero-order valence-corrected chi connectivity index (χ0v) is 13.4. The average molecular weight is 295 g/mol. The van der Waals surface area contributed by atoms with Crippen LogP contribution in [0, 0.1) is 16.7 Å². The molecule has 0 saturated carbocycles. The predicted octanol–water partition coefficient (Wildman–Crippen LogP) is 4.16. The summed E-state index contributed by atoms with van der Waals surface area (Å²) >= 11 is 6.21. The fourth-order valence-electron chi connectivity index (χ4n) is 1.63. The number of hydrogen-bond donors (Lipinski definition) is 1. The summed E-state index contributed by atoms with van der Waals surface area (Å²) in [7, 11) is 0. The summed E-state index contributed by atoms with van der Waals surface area (Å²) in [4.78, 5) is 0. The molecule has 3 nitrogen and oxygen atoms in total. The second kappa shape index (κ2) is 7.52.